The summed E-state index contributed by atoms with van der Waals surface area (Å²) < 4.78 is 7.35. The lowest BCUT2D eigenvalue weighted by Gasteiger charge is -2.25. The lowest BCUT2D eigenvalue weighted by Crippen LogP contribution is -2.36. The second-order valence-electron chi connectivity index (χ2n) is 7.72. The monoisotopic (exact) mass is 356 g/mol. The summed E-state index contributed by atoms with van der Waals surface area (Å²) in [5.74, 6) is 0.803. The topological polar surface area (TPSA) is 77.5 Å². The molecule has 1 aromatic carbocycles. The Morgan fingerprint density at radius 1 is 1.31 bits per heavy atom. The Bertz CT molecular complexity index is 779. The van der Waals surface area contributed by atoms with Gasteiger partial charge < -0.3 is 20.1 Å². The normalized spacial score (nSPS) is 22.8. The van der Waals surface area contributed by atoms with Crippen LogP contribution in [0.1, 0.15) is 60.8 Å². The van der Waals surface area contributed by atoms with Crippen molar-refractivity contribution in [2.45, 2.75) is 44.6 Å². The lowest BCUT2D eigenvalue weighted by molar-refractivity contribution is 0.0724. The van der Waals surface area contributed by atoms with Crippen molar-refractivity contribution in [3.8, 4) is 5.75 Å². The molecule has 1 saturated carbocycles. The van der Waals surface area contributed by atoms with Gasteiger partial charge in [-0.25, -0.2) is 4.79 Å². The molecule has 1 aliphatic carbocycles. The number of nitrogens with two attached hydrogens (primary N) is 1. The number of carbonyl (C=O) groups is 1. The molecule has 0 saturated heterocycles. The highest BCUT2D eigenvalue weighted by atomic mass is 16.5. The summed E-state index contributed by atoms with van der Waals surface area (Å²) in [7, 11) is 1.84. The van der Waals surface area contributed by atoms with E-state index < -0.39 is 11.5 Å². The highest BCUT2D eigenvalue weighted by molar-refractivity contribution is 5.89. The minimum Gasteiger partial charge on any atom is -0.422 e. The van der Waals surface area contributed by atoms with Crippen LogP contribution in [0.2, 0.25) is 0 Å². The van der Waals surface area contributed by atoms with Crippen LogP contribution >= 0.6 is 0 Å². The average molecular weight is 356 g/mol. The number of hydrogen-bond donors (Lipinski definition) is 2. The third kappa shape index (κ3) is 3.55. The van der Waals surface area contributed by atoms with E-state index in [9.17, 15) is 9.90 Å². The van der Waals surface area contributed by atoms with Gasteiger partial charge in [0.05, 0.1) is 5.54 Å². The number of esters is 1. The Kier molecular flexibility index (Phi) is 5.21. The second kappa shape index (κ2) is 7.25. The predicted octanol–water partition coefficient (Wildman–Crippen LogP) is 3.31. The van der Waals surface area contributed by atoms with Crippen molar-refractivity contribution >= 4 is 5.97 Å². The molecule has 5 heteroatoms. The lowest BCUT2D eigenvalue weighted by atomic mass is 9.93. The van der Waals surface area contributed by atoms with Gasteiger partial charge in [-0.2, -0.15) is 0 Å². The van der Waals surface area contributed by atoms with Crippen molar-refractivity contribution < 1.29 is 14.6 Å². The van der Waals surface area contributed by atoms with Crippen LogP contribution in [0.25, 0.3) is 0 Å². The molecule has 1 aromatic heterocycles. The van der Waals surface area contributed by atoms with E-state index in [1.165, 1.54) is 5.56 Å². The van der Waals surface area contributed by atoms with Crippen LogP contribution in [-0.4, -0.2) is 22.2 Å². The van der Waals surface area contributed by atoms with Gasteiger partial charge in [0.25, 0.3) is 0 Å². The smallest absolute Gasteiger partial charge is 0.360 e. The molecule has 1 heterocycles. The number of aliphatic hydroxyl groups is 1. The molecule has 26 heavy (non-hydrogen) atoms. The number of hydrogen-bond acceptors (Lipinski definition) is 4. The number of ether oxygens (including phenoxy) is 1. The van der Waals surface area contributed by atoms with Crippen LogP contribution in [0.3, 0.4) is 0 Å². The van der Waals surface area contributed by atoms with E-state index in [0.29, 0.717) is 17.4 Å². The Morgan fingerprint density at radius 3 is 2.58 bits per heavy atom. The minimum absolute atomic E-state index is 0.157. The van der Waals surface area contributed by atoms with Gasteiger partial charge in [0, 0.05) is 19.3 Å². The molecule has 2 atom stereocenters. The van der Waals surface area contributed by atoms with Gasteiger partial charge in [-0.05, 0) is 60.9 Å². The standard InChI is InChI=1S/C21H28N2O3/c1-14(2)16-4-6-17(7-5-16)26-20(25)18-8-9-19(23(18)3)21(22)11-10-15(12-21)13-24/h4-9,14-15,24H,10-13,22H2,1-3H3/t15-,21?/m1/s1. The Morgan fingerprint density at radius 2 is 2.00 bits per heavy atom. The van der Waals surface area contributed by atoms with Gasteiger partial charge in [0.2, 0.25) is 0 Å². The van der Waals surface area contributed by atoms with Crippen LogP contribution < -0.4 is 10.5 Å². The van der Waals surface area contributed by atoms with Crippen LogP contribution in [0.15, 0.2) is 36.4 Å². The van der Waals surface area contributed by atoms with Gasteiger partial charge >= 0.3 is 5.97 Å². The van der Waals surface area contributed by atoms with Crippen LogP contribution in [-0.2, 0) is 12.6 Å². The van der Waals surface area contributed by atoms with E-state index in [2.05, 4.69) is 13.8 Å². The number of aromatic nitrogens is 1. The molecule has 0 amide bonds. The summed E-state index contributed by atoms with van der Waals surface area (Å²) in [5.41, 5.74) is 8.67. The molecular formula is C21H28N2O3. The Hall–Kier alpha value is -2.11. The van der Waals surface area contributed by atoms with Crippen molar-refractivity contribution in [1.82, 2.24) is 4.57 Å². The third-order valence-corrected chi connectivity index (χ3v) is 5.51. The maximum Gasteiger partial charge on any atom is 0.360 e. The largest absolute Gasteiger partial charge is 0.422 e. The fraction of sp³-hybridized carbons (Fsp3) is 0.476. The quantitative estimate of drug-likeness (QED) is 0.636. The van der Waals surface area contributed by atoms with Crippen molar-refractivity contribution in [3.63, 3.8) is 0 Å². The van der Waals surface area contributed by atoms with E-state index in [4.69, 9.17) is 10.5 Å². The molecule has 2 aromatic rings. The second-order valence-corrected chi connectivity index (χ2v) is 7.72. The first-order chi connectivity index (χ1) is 12.3. The highest BCUT2D eigenvalue weighted by Gasteiger charge is 2.39. The molecule has 3 N–H and O–H groups in total. The van der Waals surface area contributed by atoms with Crippen molar-refractivity contribution in [1.29, 1.82) is 0 Å². The molecule has 140 valence electrons. The van der Waals surface area contributed by atoms with Gasteiger partial charge in [0.15, 0.2) is 0 Å². The molecule has 0 radical (unpaired) electrons. The molecule has 0 aliphatic heterocycles. The summed E-state index contributed by atoms with van der Waals surface area (Å²) in [6.07, 6.45) is 2.44. The first kappa shape index (κ1) is 18.7. The Labute approximate surface area is 154 Å². The number of rotatable bonds is 5. The zero-order valence-corrected chi connectivity index (χ0v) is 15.7. The van der Waals surface area contributed by atoms with Crippen molar-refractivity contribution in [3.05, 3.63) is 53.3 Å². The third-order valence-electron chi connectivity index (χ3n) is 5.51. The zero-order valence-electron chi connectivity index (χ0n) is 15.7. The van der Waals surface area contributed by atoms with E-state index >= 15 is 0 Å². The minimum atomic E-state index is -0.500. The summed E-state index contributed by atoms with van der Waals surface area (Å²) in [6.45, 7) is 4.41. The van der Waals surface area contributed by atoms with E-state index in [-0.39, 0.29) is 12.5 Å². The summed E-state index contributed by atoms with van der Waals surface area (Å²) in [5, 5.41) is 9.39. The SMILES string of the molecule is CC(C)c1ccc(OC(=O)c2ccc(C3(N)CC[C@@H](CO)C3)n2C)cc1. The number of aliphatic hydroxyl groups excluding tert-OH is 1. The predicted molar refractivity (Wildman–Crippen MR) is 101 cm³/mol. The first-order valence-corrected chi connectivity index (χ1v) is 9.22. The number of carbonyl (C=O) groups excluding carboxylic acids is 1. The first-order valence-electron chi connectivity index (χ1n) is 9.22. The summed E-state index contributed by atoms with van der Waals surface area (Å²) in [4.78, 5) is 12.6. The molecular weight excluding hydrogens is 328 g/mol. The molecule has 1 fully saturated rings. The molecule has 1 aliphatic rings. The average Bonchev–Trinajstić information content (AvgIpc) is 3.19. The van der Waals surface area contributed by atoms with Gasteiger partial charge in [-0.1, -0.05) is 26.0 Å². The number of nitrogens with zero attached hydrogens (tertiary/aromatic N) is 1. The Balaban J connectivity index is 1.76. The van der Waals surface area contributed by atoms with Crippen LogP contribution in [0, 0.1) is 5.92 Å². The van der Waals surface area contributed by atoms with Gasteiger partial charge in [-0.3, -0.25) is 0 Å². The summed E-state index contributed by atoms with van der Waals surface area (Å²) in [6, 6.07) is 11.3. The van der Waals surface area contributed by atoms with E-state index in [0.717, 1.165) is 25.0 Å². The fourth-order valence-corrected chi connectivity index (χ4v) is 3.87. The maximum absolute atomic E-state index is 12.6. The van der Waals surface area contributed by atoms with Gasteiger partial charge in [-0.15, -0.1) is 0 Å². The van der Waals surface area contributed by atoms with Crippen molar-refractivity contribution in [2.75, 3.05) is 6.61 Å². The maximum atomic E-state index is 12.6. The van der Waals surface area contributed by atoms with E-state index in [1.54, 1.807) is 6.07 Å². The highest BCUT2D eigenvalue weighted by Crippen LogP contribution is 2.40. The van der Waals surface area contributed by atoms with Crippen molar-refractivity contribution in [2.24, 2.45) is 18.7 Å². The van der Waals surface area contributed by atoms with E-state index in [1.807, 2.05) is 41.9 Å². The number of benzene rings is 1. The molecule has 0 spiro atoms. The molecule has 3 rings (SSSR count). The fourth-order valence-electron chi connectivity index (χ4n) is 3.87. The summed E-state index contributed by atoms with van der Waals surface area (Å²) >= 11 is 0. The van der Waals surface area contributed by atoms with Crippen LogP contribution in [0.4, 0.5) is 0 Å². The molecule has 1 unspecified atom stereocenters. The zero-order chi connectivity index (χ0) is 18.9. The van der Waals surface area contributed by atoms with Gasteiger partial charge in [0.1, 0.15) is 11.4 Å². The van der Waals surface area contributed by atoms with Crippen LogP contribution in [0.5, 0.6) is 5.75 Å². The molecule has 5 nitrogen and oxygen atoms in total. The molecule has 0 bridgehead atoms.